The Kier molecular flexibility index (Phi) is 5.61. The largest absolute Gasteiger partial charge is 0.507 e. The summed E-state index contributed by atoms with van der Waals surface area (Å²) in [5.41, 5.74) is 2.08. The molecule has 5 nitrogen and oxygen atoms in total. The summed E-state index contributed by atoms with van der Waals surface area (Å²) in [5, 5.41) is 10.9. The van der Waals surface area contributed by atoms with Crippen LogP contribution in [0, 0.1) is 12.7 Å². The molecule has 1 atom stereocenters. The van der Waals surface area contributed by atoms with Crippen molar-refractivity contribution in [1.82, 2.24) is 9.80 Å². The number of hydrogen-bond donors (Lipinski definition) is 1. The van der Waals surface area contributed by atoms with E-state index in [9.17, 15) is 19.1 Å². The lowest BCUT2D eigenvalue weighted by molar-refractivity contribution is -0.140. The van der Waals surface area contributed by atoms with E-state index in [1.807, 2.05) is 38.1 Å². The molecule has 1 saturated heterocycles. The van der Waals surface area contributed by atoms with Crippen LogP contribution in [0.1, 0.15) is 22.7 Å². The van der Waals surface area contributed by atoms with Gasteiger partial charge in [0.05, 0.1) is 11.6 Å². The molecular formula is C22H23FN2O3. The van der Waals surface area contributed by atoms with Gasteiger partial charge >= 0.3 is 0 Å². The molecule has 1 heterocycles. The van der Waals surface area contributed by atoms with E-state index < -0.39 is 23.5 Å². The number of ketones is 1. The summed E-state index contributed by atoms with van der Waals surface area (Å²) < 4.78 is 13.4. The Morgan fingerprint density at radius 3 is 2.25 bits per heavy atom. The van der Waals surface area contributed by atoms with Crippen LogP contribution in [0.4, 0.5) is 4.39 Å². The van der Waals surface area contributed by atoms with Crippen molar-refractivity contribution >= 4 is 17.4 Å². The Balaban J connectivity index is 2.13. The molecule has 0 unspecified atom stereocenters. The summed E-state index contributed by atoms with van der Waals surface area (Å²) in [6.07, 6.45) is 0. The first-order valence-corrected chi connectivity index (χ1v) is 9.05. The number of benzene rings is 2. The number of aryl methyl sites for hydroxylation is 1. The molecule has 1 aliphatic heterocycles. The van der Waals surface area contributed by atoms with Crippen molar-refractivity contribution in [1.29, 1.82) is 0 Å². The highest BCUT2D eigenvalue weighted by atomic mass is 19.1. The fourth-order valence-corrected chi connectivity index (χ4v) is 3.28. The van der Waals surface area contributed by atoms with Crippen molar-refractivity contribution < 1.29 is 19.1 Å². The van der Waals surface area contributed by atoms with Crippen LogP contribution in [0.5, 0.6) is 0 Å². The smallest absolute Gasteiger partial charge is 0.295 e. The molecule has 28 heavy (non-hydrogen) atoms. The molecule has 0 spiro atoms. The maximum Gasteiger partial charge on any atom is 0.295 e. The zero-order chi connectivity index (χ0) is 20.4. The van der Waals surface area contributed by atoms with Gasteiger partial charge in [-0.25, -0.2) is 4.39 Å². The van der Waals surface area contributed by atoms with E-state index in [1.54, 1.807) is 12.1 Å². The summed E-state index contributed by atoms with van der Waals surface area (Å²) >= 11 is 0. The standard InChI is InChI=1S/C22H23FN2O3/c1-14-4-6-16(7-5-14)20(26)18-19(15-8-10-17(23)11-9-15)25(13-12-24(2)3)22(28)21(18)27/h4-11,19,26H,12-13H2,1-3H3/t19-/m0/s1. The molecule has 0 radical (unpaired) electrons. The highest BCUT2D eigenvalue weighted by Crippen LogP contribution is 2.39. The van der Waals surface area contributed by atoms with Gasteiger partial charge in [0.2, 0.25) is 0 Å². The Morgan fingerprint density at radius 2 is 1.68 bits per heavy atom. The number of likely N-dealkylation sites (tertiary alicyclic amines) is 1. The Hall–Kier alpha value is -2.99. The topological polar surface area (TPSA) is 60.9 Å². The number of hydrogen-bond acceptors (Lipinski definition) is 4. The molecule has 2 aromatic rings. The van der Waals surface area contributed by atoms with Crippen LogP contribution < -0.4 is 0 Å². The van der Waals surface area contributed by atoms with E-state index in [-0.39, 0.29) is 11.3 Å². The zero-order valence-corrected chi connectivity index (χ0v) is 16.1. The van der Waals surface area contributed by atoms with E-state index in [2.05, 4.69) is 0 Å². The third-order valence-corrected chi connectivity index (χ3v) is 4.84. The molecule has 1 fully saturated rings. The van der Waals surface area contributed by atoms with Crippen molar-refractivity contribution in [3.63, 3.8) is 0 Å². The third kappa shape index (κ3) is 3.82. The van der Waals surface area contributed by atoms with Crippen molar-refractivity contribution in [2.75, 3.05) is 27.2 Å². The first kappa shape index (κ1) is 19.8. The molecule has 2 aromatic carbocycles. The number of amides is 1. The SMILES string of the molecule is Cc1ccc(C(O)=C2C(=O)C(=O)N(CCN(C)C)[C@H]2c2ccc(F)cc2)cc1. The fraction of sp³-hybridized carbons (Fsp3) is 0.273. The second-order valence-corrected chi connectivity index (χ2v) is 7.21. The number of carbonyl (C=O) groups excluding carboxylic acids is 2. The average molecular weight is 382 g/mol. The molecule has 0 bridgehead atoms. The van der Waals surface area contributed by atoms with Crippen LogP contribution >= 0.6 is 0 Å². The van der Waals surface area contributed by atoms with Crippen molar-refractivity contribution in [3.8, 4) is 0 Å². The van der Waals surface area contributed by atoms with Gasteiger partial charge < -0.3 is 14.9 Å². The minimum atomic E-state index is -0.762. The van der Waals surface area contributed by atoms with Crippen molar-refractivity contribution in [3.05, 3.63) is 76.6 Å². The number of likely N-dealkylation sites (N-methyl/N-ethyl adjacent to an activating group) is 1. The molecule has 6 heteroatoms. The average Bonchev–Trinajstić information content (AvgIpc) is 2.91. The summed E-state index contributed by atoms with van der Waals surface area (Å²) in [7, 11) is 3.74. The second kappa shape index (κ2) is 7.94. The second-order valence-electron chi connectivity index (χ2n) is 7.21. The summed E-state index contributed by atoms with van der Waals surface area (Å²) in [6, 6.07) is 11.9. The Labute approximate surface area is 163 Å². The van der Waals surface area contributed by atoms with E-state index in [1.165, 1.54) is 29.2 Å². The minimum absolute atomic E-state index is 0.0271. The highest BCUT2D eigenvalue weighted by Gasteiger charge is 2.45. The lowest BCUT2D eigenvalue weighted by Gasteiger charge is -2.26. The molecule has 1 amide bonds. The zero-order valence-electron chi connectivity index (χ0n) is 16.1. The number of nitrogens with zero attached hydrogens (tertiary/aromatic N) is 2. The molecule has 146 valence electrons. The highest BCUT2D eigenvalue weighted by molar-refractivity contribution is 6.46. The summed E-state index contributed by atoms with van der Waals surface area (Å²) in [4.78, 5) is 28.8. The molecule has 0 saturated carbocycles. The molecule has 1 aliphatic rings. The molecule has 0 aliphatic carbocycles. The van der Waals surface area contributed by atoms with Gasteiger partial charge in [0.1, 0.15) is 11.6 Å². The quantitative estimate of drug-likeness (QED) is 0.490. The fourth-order valence-electron chi connectivity index (χ4n) is 3.28. The monoisotopic (exact) mass is 382 g/mol. The lowest BCUT2D eigenvalue weighted by atomic mass is 9.95. The van der Waals surface area contributed by atoms with Gasteiger partial charge in [-0.1, -0.05) is 42.0 Å². The maximum absolute atomic E-state index is 13.4. The molecule has 1 N–H and O–H groups in total. The van der Waals surface area contributed by atoms with Crippen LogP contribution in [-0.2, 0) is 9.59 Å². The first-order chi connectivity index (χ1) is 13.3. The summed E-state index contributed by atoms with van der Waals surface area (Å²) in [5.74, 6) is -2.02. The number of aliphatic hydroxyl groups excluding tert-OH is 1. The van der Waals surface area contributed by atoms with Gasteiger partial charge in [-0.2, -0.15) is 0 Å². The number of Topliss-reactive ketones (excluding diaryl/α,β-unsaturated/α-hetero) is 1. The Morgan fingerprint density at radius 1 is 1.07 bits per heavy atom. The number of halogens is 1. The number of rotatable bonds is 5. The summed E-state index contributed by atoms with van der Waals surface area (Å²) in [6.45, 7) is 2.78. The minimum Gasteiger partial charge on any atom is -0.507 e. The van der Waals surface area contributed by atoms with E-state index in [4.69, 9.17) is 0 Å². The lowest BCUT2D eigenvalue weighted by Crippen LogP contribution is -2.35. The maximum atomic E-state index is 13.4. The van der Waals surface area contributed by atoms with Crippen molar-refractivity contribution in [2.24, 2.45) is 0 Å². The van der Waals surface area contributed by atoms with E-state index in [0.717, 1.165) is 5.56 Å². The third-order valence-electron chi connectivity index (χ3n) is 4.84. The molecular weight excluding hydrogens is 359 g/mol. The predicted octanol–water partition coefficient (Wildman–Crippen LogP) is 3.12. The predicted molar refractivity (Wildman–Crippen MR) is 105 cm³/mol. The van der Waals surface area contributed by atoms with Gasteiger partial charge in [-0.05, 0) is 38.7 Å². The van der Waals surface area contributed by atoms with Gasteiger partial charge in [0, 0.05) is 18.7 Å². The van der Waals surface area contributed by atoms with E-state index in [0.29, 0.717) is 24.2 Å². The first-order valence-electron chi connectivity index (χ1n) is 9.05. The number of carbonyl (C=O) groups is 2. The van der Waals surface area contributed by atoms with Gasteiger partial charge in [0.15, 0.2) is 0 Å². The van der Waals surface area contributed by atoms with E-state index >= 15 is 0 Å². The van der Waals surface area contributed by atoms with Crippen molar-refractivity contribution in [2.45, 2.75) is 13.0 Å². The molecule has 0 aromatic heterocycles. The van der Waals surface area contributed by atoms with Gasteiger partial charge in [0.25, 0.3) is 11.7 Å². The molecule has 3 rings (SSSR count). The van der Waals surface area contributed by atoms with Crippen LogP contribution in [0.25, 0.3) is 5.76 Å². The van der Waals surface area contributed by atoms with Crippen LogP contribution in [0.3, 0.4) is 0 Å². The van der Waals surface area contributed by atoms with Gasteiger partial charge in [-0.3, -0.25) is 9.59 Å². The van der Waals surface area contributed by atoms with Crippen LogP contribution in [-0.4, -0.2) is 53.8 Å². The van der Waals surface area contributed by atoms with Gasteiger partial charge in [-0.15, -0.1) is 0 Å². The number of aliphatic hydroxyl groups is 1. The normalized spacial score (nSPS) is 18.9. The Bertz CT molecular complexity index is 918. The van der Waals surface area contributed by atoms with Crippen LogP contribution in [0.15, 0.2) is 54.1 Å². The van der Waals surface area contributed by atoms with Crippen LogP contribution in [0.2, 0.25) is 0 Å².